The molecule has 1 aliphatic heterocycles. The van der Waals surface area contributed by atoms with Crippen LogP contribution in [0.1, 0.15) is 36.8 Å². The van der Waals surface area contributed by atoms with E-state index in [2.05, 4.69) is 9.64 Å². The first-order valence-electron chi connectivity index (χ1n) is 9.88. The number of carbonyl (C=O) groups excluding carboxylic acids is 2. The highest BCUT2D eigenvalue weighted by Crippen LogP contribution is 2.29. The highest BCUT2D eigenvalue weighted by atomic mass is 19.4. The molecule has 0 radical (unpaired) electrons. The van der Waals surface area contributed by atoms with E-state index in [-0.39, 0.29) is 18.7 Å². The summed E-state index contributed by atoms with van der Waals surface area (Å²) in [6.07, 6.45) is -1.55. The van der Waals surface area contributed by atoms with Gasteiger partial charge in [0.05, 0.1) is 19.1 Å². The lowest BCUT2D eigenvalue weighted by atomic mass is 9.96. The van der Waals surface area contributed by atoms with Crippen LogP contribution in [0.4, 0.5) is 13.2 Å². The van der Waals surface area contributed by atoms with Gasteiger partial charge in [0, 0.05) is 33.1 Å². The zero-order valence-corrected chi connectivity index (χ0v) is 17.0. The van der Waals surface area contributed by atoms with Gasteiger partial charge in [-0.2, -0.15) is 13.2 Å². The van der Waals surface area contributed by atoms with Crippen molar-refractivity contribution < 1.29 is 27.5 Å². The molecule has 1 amide bonds. The molecule has 162 valence electrons. The fraction of sp³-hybridized carbons (Fsp3) is 0.619. The van der Waals surface area contributed by atoms with Gasteiger partial charge in [0.2, 0.25) is 5.91 Å². The summed E-state index contributed by atoms with van der Waals surface area (Å²) in [6.45, 7) is 3.03. The number of benzene rings is 1. The van der Waals surface area contributed by atoms with Crippen LogP contribution in [0.3, 0.4) is 0 Å². The molecule has 0 aliphatic carbocycles. The maximum atomic E-state index is 12.9. The summed E-state index contributed by atoms with van der Waals surface area (Å²) < 4.78 is 43.1. The number of methoxy groups -OCH3 is 1. The number of carbonyl (C=O) groups is 2. The topological polar surface area (TPSA) is 49.9 Å². The average Bonchev–Trinajstić information content (AvgIpc) is 2.70. The van der Waals surface area contributed by atoms with Crippen molar-refractivity contribution in [3.8, 4) is 0 Å². The fourth-order valence-electron chi connectivity index (χ4n) is 3.68. The Morgan fingerprint density at radius 1 is 1.28 bits per heavy atom. The number of nitrogens with zero attached hydrogens (tertiary/aromatic N) is 2. The van der Waals surface area contributed by atoms with Crippen molar-refractivity contribution in [1.82, 2.24) is 9.80 Å². The van der Waals surface area contributed by atoms with Gasteiger partial charge < -0.3 is 14.5 Å². The van der Waals surface area contributed by atoms with Gasteiger partial charge in [0.1, 0.15) is 0 Å². The zero-order valence-electron chi connectivity index (χ0n) is 17.0. The van der Waals surface area contributed by atoms with Gasteiger partial charge >= 0.3 is 12.1 Å². The van der Waals surface area contributed by atoms with E-state index >= 15 is 0 Å². The largest absolute Gasteiger partial charge is 0.469 e. The van der Waals surface area contributed by atoms with Gasteiger partial charge in [0.15, 0.2) is 0 Å². The number of amides is 1. The monoisotopic (exact) mass is 414 g/mol. The summed E-state index contributed by atoms with van der Waals surface area (Å²) in [5.74, 6) is -0.168. The predicted molar refractivity (Wildman–Crippen MR) is 103 cm³/mol. The Balaban J connectivity index is 1.80. The molecule has 0 aromatic heterocycles. The van der Waals surface area contributed by atoms with Crippen molar-refractivity contribution in [3.05, 3.63) is 35.4 Å². The minimum absolute atomic E-state index is 0.0768. The third kappa shape index (κ3) is 7.68. The van der Waals surface area contributed by atoms with Crippen LogP contribution in [0.5, 0.6) is 0 Å². The van der Waals surface area contributed by atoms with Crippen LogP contribution < -0.4 is 0 Å². The molecule has 0 saturated carbocycles. The van der Waals surface area contributed by atoms with Gasteiger partial charge in [-0.05, 0) is 43.4 Å². The normalized spacial score (nSPS) is 17.8. The summed E-state index contributed by atoms with van der Waals surface area (Å²) in [5.41, 5.74) is 0.0654. The minimum atomic E-state index is -4.32. The lowest BCUT2D eigenvalue weighted by Crippen LogP contribution is -2.42. The van der Waals surface area contributed by atoms with E-state index in [1.165, 1.54) is 19.2 Å². The van der Waals surface area contributed by atoms with Crippen LogP contribution in [0.25, 0.3) is 0 Å². The van der Waals surface area contributed by atoms with Crippen LogP contribution in [-0.4, -0.2) is 62.0 Å². The van der Waals surface area contributed by atoms with Gasteiger partial charge in [0.25, 0.3) is 0 Å². The van der Waals surface area contributed by atoms with E-state index in [1.807, 2.05) is 0 Å². The molecule has 2 rings (SSSR count). The molecule has 1 aromatic rings. The summed E-state index contributed by atoms with van der Waals surface area (Å²) in [6, 6.07) is 5.49. The molecule has 0 spiro atoms. The maximum Gasteiger partial charge on any atom is 0.416 e. The van der Waals surface area contributed by atoms with Crippen molar-refractivity contribution >= 4 is 11.9 Å². The van der Waals surface area contributed by atoms with E-state index in [4.69, 9.17) is 0 Å². The number of ether oxygens (including phenoxy) is 1. The van der Waals surface area contributed by atoms with Crippen molar-refractivity contribution in [3.63, 3.8) is 0 Å². The predicted octanol–water partition coefficient (Wildman–Crippen LogP) is 3.37. The third-order valence-corrected chi connectivity index (χ3v) is 5.30. The molecular formula is C21H29F3N2O3. The average molecular weight is 414 g/mol. The number of piperidine rings is 1. The van der Waals surface area contributed by atoms with Crippen LogP contribution >= 0.6 is 0 Å². The first kappa shape index (κ1) is 23.2. The van der Waals surface area contributed by atoms with E-state index < -0.39 is 17.7 Å². The van der Waals surface area contributed by atoms with Gasteiger partial charge in [-0.15, -0.1) is 0 Å². The maximum absolute atomic E-state index is 12.9. The van der Waals surface area contributed by atoms with Crippen molar-refractivity contribution in [2.24, 2.45) is 5.92 Å². The molecule has 8 heteroatoms. The molecule has 1 atom stereocenters. The Hall–Kier alpha value is -2.09. The summed E-state index contributed by atoms with van der Waals surface area (Å²) in [7, 11) is 3.04. The third-order valence-electron chi connectivity index (χ3n) is 5.30. The van der Waals surface area contributed by atoms with Crippen LogP contribution in [0.2, 0.25) is 0 Å². The first-order chi connectivity index (χ1) is 13.7. The van der Waals surface area contributed by atoms with Crippen molar-refractivity contribution in [2.45, 2.75) is 38.3 Å². The van der Waals surface area contributed by atoms with E-state index in [9.17, 15) is 22.8 Å². The molecule has 1 fully saturated rings. The molecular weight excluding hydrogens is 385 g/mol. The number of hydrogen-bond donors (Lipinski definition) is 0. The standard InChI is InChI=1S/C21H29F3N2O3/c1-25(19(27)8-9-20(28)29-2)14-17-6-4-11-26(15-17)12-10-16-5-3-7-18(13-16)21(22,23)24/h3,5,7,13,17H,4,6,8-12,14-15H2,1-2H3/t17-/m0/s1. The Labute approximate surface area is 169 Å². The van der Waals surface area contributed by atoms with Crippen LogP contribution in [0, 0.1) is 5.92 Å². The number of rotatable bonds is 8. The van der Waals surface area contributed by atoms with Crippen LogP contribution in [0.15, 0.2) is 24.3 Å². The van der Waals surface area contributed by atoms with E-state index in [1.54, 1.807) is 18.0 Å². The van der Waals surface area contributed by atoms with E-state index in [0.29, 0.717) is 31.0 Å². The molecule has 0 unspecified atom stereocenters. The van der Waals surface area contributed by atoms with E-state index in [0.717, 1.165) is 32.0 Å². The summed E-state index contributed by atoms with van der Waals surface area (Å²) in [4.78, 5) is 27.2. The minimum Gasteiger partial charge on any atom is -0.469 e. The number of esters is 1. The Kier molecular flexibility index (Phi) is 8.49. The zero-order chi connectivity index (χ0) is 21.4. The first-order valence-corrected chi connectivity index (χ1v) is 9.88. The number of alkyl halides is 3. The van der Waals surface area contributed by atoms with Gasteiger partial charge in [-0.25, -0.2) is 0 Å². The number of likely N-dealkylation sites (tertiary alicyclic amines) is 1. The van der Waals surface area contributed by atoms with Crippen LogP contribution in [-0.2, 0) is 26.9 Å². The molecule has 1 aliphatic rings. The number of halogens is 3. The molecule has 1 heterocycles. The second-order valence-corrected chi connectivity index (χ2v) is 7.61. The Bertz CT molecular complexity index is 694. The second-order valence-electron chi connectivity index (χ2n) is 7.61. The van der Waals surface area contributed by atoms with Crippen molar-refractivity contribution in [2.75, 3.05) is 40.3 Å². The second kappa shape index (κ2) is 10.6. The van der Waals surface area contributed by atoms with Crippen molar-refractivity contribution in [1.29, 1.82) is 0 Å². The van der Waals surface area contributed by atoms with Gasteiger partial charge in [-0.1, -0.05) is 18.2 Å². The summed E-state index contributed by atoms with van der Waals surface area (Å²) in [5, 5.41) is 0. The Morgan fingerprint density at radius 3 is 2.72 bits per heavy atom. The number of hydrogen-bond acceptors (Lipinski definition) is 4. The fourth-order valence-corrected chi connectivity index (χ4v) is 3.68. The highest BCUT2D eigenvalue weighted by molar-refractivity contribution is 5.81. The molecule has 5 nitrogen and oxygen atoms in total. The molecule has 1 aromatic carbocycles. The molecule has 0 N–H and O–H groups in total. The molecule has 1 saturated heterocycles. The lowest BCUT2D eigenvalue weighted by molar-refractivity contribution is -0.143. The SMILES string of the molecule is COC(=O)CCC(=O)N(C)C[C@@H]1CCCN(CCc2cccc(C(F)(F)F)c2)C1. The van der Waals surface area contributed by atoms with Gasteiger partial charge in [-0.3, -0.25) is 9.59 Å². The quantitative estimate of drug-likeness (QED) is 0.612. The smallest absolute Gasteiger partial charge is 0.416 e. The highest BCUT2D eigenvalue weighted by Gasteiger charge is 2.30. The summed E-state index contributed by atoms with van der Waals surface area (Å²) >= 11 is 0. The molecule has 29 heavy (non-hydrogen) atoms. The Morgan fingerprint density at radius 2 is 2.03 bits per heavy atom. The lowest BCUT2D eigenvalue weighted by Gasteiger charge is -2.34. The molecule has 0 bridgehead atoms.